The first-order valence-electron chi connectivity index (χ1n) is 25.2. The molecule has 1 heterocycles. The van der Waals surface area contributed by atoms with E-state index in [2.05, 4.69) is 261 Å². The molecule has 2 aliphatic carbocycles. The molecule has 2 nitrogen and oxygen atoms in total. The molecule has 0 saturated heterocycles. The predicted molar refractivity (Wildman–Crippen MR) is 303 cm³/mol. The molecule has 0 unspecified atom stereocenters. The topological polar surface area (TPSA) is 25.8 Å². The standard InChI is InChI=1S/C71H44N2/c1-2-15-52(16-3-1)70-72-67(44-68(73-70)54-39-41-66-62(43-54)59-22-10-13-25-65(59)71(66)63-23-11-8-20-57(63)58-21-9-12-24-64(58)71)50-34-30-47(31-35-50)45-26-28-46(29-27-45)48-32-36-51(37-33-48)69-56-19-7-5-17-53(56)42-61-55-18-6-4-14-49(55)38-40-60(61)69/h1-44H. The van der Waals surface area contributed by atoms with Gasteiger partial charge in [0.15, 0.2) is 5.82 Å². The summed E-state index contributed by atoms with van der Waals surface area (Å²) in [5.74, 6) is 0.705. The Balaban J connectivity index is 0.757. The third-order valence-corrected chi connectivity index (χ3v) is 15.7. The van der Waals surface area contributed by atoms with E-state index in [1.807, 2.05) is 6.07 Å². The molecule has 1 spiro atoms. The lowest BCUT2D eigenvalue weighted by Gasteiger charge is -2.30. The lowest BCUT2D eigenvalue weighted by molar-refractivity contribution is 0.794. The lowest BCUT2D eigenvalue weighted by Crippen LogP contribution is -2.25. The maximum absolute atomic E-state index is 5.28. The van der Waals surface area contributed by atoms with Crippen LogP contribution in [0.3, 0.4) is 0 Å². The largest absolute Gasteiger partial charge is 0.228 e. The van der Waals surface area contributed by atoms with Crippen LogP contribution >= 0.6 is 0 Å². The highest BCUT2D eigenvalue weighted by Gasteiger charge is 2.51. The molecule has 0 bridgehead atoms. The summed E-state index contributed by atoms with van der Waals surface area (Å²) in [4.78, 5) is 10.5. The summed E-state index contributed by atoms with van der Waals surface area (Å²) in [6, 6.07) is 97.6. The number of nitrogens with zero attached hydrogens (tertiary/aromatic N) is 2. The highest BCUT2D eigenvalue weighted by atomic mass is 14.9. The predicted octanol–water partition coefficient (Wildman–Crippen LogP) is 18.3. The number of rotatable bonds is 6. The molecule has 1 aromatic heterocycles. The molecule has 0 amide bonds. The Labute approximate surface area is 424 Å². The number of hydrogen-bond donors (Lipinski definition) is 0. The Morgan fingerprint density at radius 2 is 0.685 bits per heavy atom. The Hall–Kier alpha value is -9.50. The number of aromatic nitrogens is 2. The minimum Gasteiger partial charge on any atom is -0.228 e. The molecule has 15 rings (SSSR count). The molecule has 73 heavy (non-hydrogen) atoms. The van der Waals surface area contributed by atoms with E-state index in [4.69, 9.17) is 9.97 Å². The van der Waals surface area contributed by atoms with Crippen LogP contribution < -0.4 is 0 Å². The Morgan fingerprint density at radius 3 is 1.30 bits per heavy atom. The van der Waals surface area contributed by atoms with Gasteiger partial charge in [-0.2, -0.15) is 0 Å². The highest BCUT2D eigenvalue weighted by molar-refractivity contribution is 6.20. The van der Waals surface area contributed by atoms with Crippen LogP contribution in [0.5, 0.6) is 0 Å². The van der Waals surface area contributed by atoms with Crippen LogP contribution in [0.1, 0.15) is 22.3 Å². The third kappa shape index (κ3) is 6.37. The smallest absolute Gasteiger partial charge is 0.160 e. The zero-order valence-corrected chi connectivity index (χ0v) is 39.8. The number of benzene rings is 12. The van der Waals surface area contributed by atoms with E-state index in [0.717, 1.165) is 33.6 Å². The molecule has 2 aliphatic rings. The molecule has 0 radical (unpaired) electrons. The average Bonchev–Trinajstić information content (AvgIpc) is 3.94. The average molecular weight is 925 g/mol. The van der Waals surface area contributed by atoms with Crippen molar-refractivity contribution in [2.24, 2.45) is 0 Å². The van der Waals surface area contributed by atoms with E-state index in [-0.39, 0.29) is 5.41 Å². The van der Waals surface area contributed by atoms with Crippen molar-refractivity contribution in [1.29, 1.82) is 0 Å². The van der Waals surface area contributed by atoms with Gasteiger partial charge in [0.1, 0.15) is 0 Å². The second-order valence-corrected chi connectivity index (χ2v) is 19.6. The van der Waals surface area contributed by atoms with Crippen LogP contribution in [-0.4, -0.2) is 9.97 Å². The van der Waals surface area contributed by atoms with Crippen molar-refractivity contribution >= 4 is 32.3 Å². The molecule has 0 saturated carbocycles. The van der Waals surface area contributed by atoms with Crippen molar-refractivity contribution in [3.8, 4) is 89.5 Å². The third-order valence-electron chi connectivity index (χ3n) is 15.7. The fourth-order valence-electron chi connectivity index (χ4n) is 12.4. The van der Waals surface area contributed by atoms with Gasteiger partial charge in [0.2, 0.25) is 0 Å². The first kappa shape index (κ1) is 41.3. The van der Waals surface area contributed by atoms with E-state index in [1.54, 1.807) is 0 Å². The summed E-state index contributed by atoms with van der Waals surface area (Å²) in [5, 5.41) is 7.64. The van der Waals surface area contributed by atoms with Gasteiger partial charge in [-0.25, -0.2) is 9.97 Å². The van der Waals surface area contributed by atoms with E-state index >= 15 is 0 Å². The molecule has 2 heteroatoms. The van der Waals surface area contributed by atoms with Crippen LogP contribution in [0.15, 0.2) is 267 Å². The van der Waals surface area contributed by atoms with Gasteiger partial charge < -0.3 is 0 Å². The maximum atomic E-state index is 5.28. The van der Waals surface area contributed by atoms with Crippen LogP contribution in [0.2, 0.25) is 0 Å². The van der Waals surface area contributed by atoms with E-state index in [0.29, 0.717) is 5.82 Å². The minimum atomic E-state index is -0.386. The summed E-state index contributed by atoms with van der Waals surface area (Å²) in [5.41, 5.74) is 22.1. The number of hydrogen-bond acceptors (Lipinski definition) is 2. The first-order chi connectivity index (χ1) is 36.2. The van der Waals surface area contributed by atoms with Gasteiger partial charge in [0.05, 0.1) is 16.8 Å². The monoisotopic (exact) mass is 924 g/mol. The van der Waals surface area contributed by atoms with Gasteiger partial charge in [0.25, 0.3) is 0 Å². The zero-order chi connectivity index (χ0) is 48.0. The van der Waals surface area contributed by atoms with Crippen molar-refractivity contribution in [2.45, 2.75) is 5.41 Å². The van der Waals surface area contributed by atoms with Crippen molar-refractivity contribution < 1.29 is 0 Å². The van der Waals surface area contributed by atoms with Crippen molar-refractivity contribution in [2.75, 3.05) is 0 Å². The highest BCUT2D eigenvalue weighted by Crippen LogP contribution is 2.63. The molecule has 0 N–H and O–H groups in total. The van der Waals surface area contributed by atoms with E-state index in [9.17, 15) is 0 Å². The molecule has 0 atom stereocenters. The molecule has 0 fully saturated rings. The van der Waals surface area contributed by atoms with Crippen molar-refractivity contribution in [3.63, 3.8) is 0 Å². The van der Waals surface area contributed by atoms with Crippen LogP contribution in [0, 0.1) is 0 Å². The summed E-state index contributed by atoms with van der Waals surface area (Å²) in [6.45, 7) is 0. The summed E-state index contributed by atoms with van der Waals surface area (Å²) in [6.07, 6.45) is 0. The molecule has 12 aromatic carbocycles. The molecule has 13 aromatic rings. The summed E-state index contributed by atoms with van der Waals surface area (Å²) >= 11 is 0. The molecule has 338 valence electrons. The van der Waals surface area contributed by atoms with Crippen LogP contribution in [0.4, 0.5) is 0 Å². The number of fused-ring (bicyclic) bond motifs is 14. The van der Waals surface area contributed by atoms with Gasteiger partial charge in [0, 0.05) is 16.7 Å². The van der Waals surface area contributed by atoms with Crippen LogP contribution in [0.25, 0.3) is 122 Å². The molecular weight excluding hydrogens is 881 g/mol. The fourth-order valence-corrected chi connectivity index (χ4v) is 12.4. The van der Waals surface area contributed by atoms with E-state index < -0.39 is 0 Å². The second-order valence-electron chi connectivity index (χ2n) is 19.6. The zero-order valence-electron chi connectivity index (χ0n) is 39.8. The minimum absolute atomic E-state index is 0.386. The lowest BCUT2D eigenvalue weighted by atomic mass is 9.70. The van der Waals surface area contributed by atoms with Gasteiger partial charge in [-0.3, -0.25) is 0 Å². The Morgan fingerprint density at radius 1 is 0.233 bits per heavy atom. The summed E-state index contributed by atoms with van der Waals surface area (Å²) in [7, 11) is 0. The Kier molecular flexibility index (Phi) is 9.21. The van der Waals surface area contributed by atoms with Gasteiger partial charge in [-0.1, -0.05) is 249 Å². The Bertz CT molecular complexity index is 4300. The fraction of sp³-hybridized carbons (Fsp3) is 0.0141. The normalized spacial score (nSPS) is 12.8. The van der Waals surface area contributed by atoms with E-state index in [1.165, 1.54) is 105 Å². The van der Waals surface area contributed by atoms with Crippen molar-refractivity contribution in [1.82, 2.24) is 9.97 Å². The first-order valence-corrected chi connectivity index (χ1v) is 25.2. The van der Waals surface area contributed by atoms with Gasteiger partial charge >= 0.3 is 0 Å². The molecular formula is C71H44N2. The van der Waals surface area contributed by atoms with Crippen molar-refractivity contribution in [3.05, 3.63) is 289 Å². The van der Waals surface area contributed by atoms with Gasteiger partial charge in [-0.05, 0) is 128 Å². The van der Waals surface area contributed by atoms with Gasteiger partial charge in [-0.15, -0.1) is 0 Å². The van der Waals surface area contributed by atoms with Crippen LogP contribution in [-0.2, 0) is 5.41 Å². The molecule has 0 aliphatic heterocycles. The maximum Gasteiger partial charge on any atom is 0.160 e. The quantitative estimate of drug-likeness (QED) is 0.123. The summed E-state index contributed by atoms with van der Waals surface area (Å²) < 4.78 is 0. The second kappa shape index (κ2) is 16.3. The SMILES string of the molecule is c1ccc(-c2nc(-c3ccc(-c4ccc(-c5ccc(-c6c7ccccc7cc7c6ccc6ccccc67)cc5)cc4)cc3)cc(-c3ccc4c(c3)-c3ccccc3C43c4ccccc4-c4ccccc43)n2)cc1.